The van der Waals surface area contributed by atoms with Gasteiger partial charge in [0.2, 0.25) is 0 Å². The van der Waals surface area contributed by atoms with E-state index in [9.17, 15) is 5.11 Å². The van der Waals surface area contributed by atoms with Gasteiger partial charge in [0.25, 0.3) is 0 Å². The standard InChI is InChI=1S/C21H27NO2/c1-24-19-12-10-17(11-13-19)20(22-18-8-4-2-5-9-18)16-21(23)14-6-3-7-15-21/h2,4-5,8-13,20,22-23H,3,6-7,14-16H2,1H3. The summed E-state index contributed by atoms with van der Waals surface area (Å²) in [7, 11) is 1.68. The summed E-state index contributed by atoms with van der Waals surface area (Å²) < 4.78 is 5.27. The van der Waals surface area contributed by atoms with Gasteiger partial charge in [-0.2, -0.15) is 0 Å². The van der Waals surface area contributed by atoms with Crippen molar-refractivity contribution >= 4 is 5.69 Å². The summed E-state index contributed by atoms with van der Waals surface area (Å²) in [5, 5.41) is 14.6. The number of nitrogens with one attached hydrogen (secondary N) is 1. The SMILES string of the molecule is COc1ccc(C(CC2(O)CCCCC2)Nc2ccccc2)cc1. The Bertz CT molecular complexity index is 618. The second-order valence-electron chi connectivity index (χ2n) is 6.83. The van der Waals surface area contributed by atoms with Crippen molar-refractivity contribution in [2.24, 2.45) is 0 Å². The molecule has 1 aliphatic carbocycles. The summed E-state index contributed by atoms with van der Waals surface area (Å²) in [6, 6.07) is 18.5. The highest BCUT2D eigenvalue weighted by atomic mass is 16.5. The summed E-state index contributed by atoms with van der Waals surface area (Å²) in [6.07, 6.45) is 6.01. The Kier molecular flexibility index (Phi) is 5.41. The predicted molar refractivity (Wildman–Crippen MR) is 98.5 cm³/mol. The quantitative estimate of drug-likeness (QED) is 0.791. The van der Waals surface area contributed by atoms with E-state index in [1.807, 2.05) is 30.3 Å². The van der Waals surface area contributed by atoms with Crippen LogP contribution in [0.5, 0.6) is 5.75 Å². The minimum Gasteiger partial charge on any atom is -0.497 e. The van der Waals surface area contributed by atoms with Gasteiger partial charge in [-0.15, -0.1) is 0 Å². The Hall–Kier alpha value is -2.00. The first-order valence-electron chi connectivity index (χ1n) is 8.86. The molecule has 1 unspecified atom stereocenters. The number of para-hydroxylation sites is 1. The van der Waals surface area contributed by atoms with E-state index in [1.165, 1.54) is 12.0 Å². The molecule has 24 heavy (non-hydrogen) atoms. The van der Waals surface area contributed by atoms with E-state index in [-0.39, 0.29) is 6.04 Å². The van der Waals surface area contributed by atoms with Gasteiger partial charge in [0, 0.05) is 12.1 Å². The Morgan fingerprint density at radius 2 is 1.67 bits per heavy atom. The van der Waals surface area contributed by atoms with Crippen molar-refractivity contribution in [1.29, 1.82) is 0 Å². The molecule has 2 aromatic rings. The van der Waals surface area contributed by atoms with Crippen molar-refractivity contribution in [3.05, 3.63) is 60.2 Å². The maximum atomic E-state index is 11.0. The molecular formula is C21H27NO2. The number of anilines is 1. The lowest BCUT2D eigenvalue weighted by Gasteiger charge is -2.36. The van der Waals surface area contributed by atoms with E-state index in [1.54, 1.807) is 7.11 Å². The Labute approximate surface area is 144 Å². The number of hydrogen-bond donors (Lipinski definition) is 2. The molecule has 0 aromatic heterocycles. The second-order valence-corrected chi connectivity index (χ2v) is 6.83. The van der Waals surface area contributed by atoms with Crippen LogP contribution in [0.15, 0.2) is 54.6 Å². The highest BCUT2D eigenvalue weighted by molar-refractivity contribution is 5.45. The van der Waals surface area contributed by atoms with Gasteiger partial charge in [-0.3, -0.25) is 0 Å². The first kappa shape index (κ1) is 16.8. The maximum Gasteiger partial charge on any atom is 0.118 e. The minimum absolute atomic E-state index is 0.0846. The zero-order chi connectivity index (χ0) is 16.8. The lowest BCUT2D eigenvalue weighted by Crippen LogP contribution is -2.35. The molecule has 0 heterocycles. The van der Waals surface area contributed by atoms with Crippen LogP contribution in [0.2, 0.25) is 0 Å². The molecule has 2 aromatic carbocycles. The topological polar surface area (TPSA) is 41.5 Å². The van der Waals surface area contributed by atoms with Crippen LogP contribution in [0.4, 0.5) is 5.69 Å². The molecule has 0 spiro atoms. The van der Waals surface area contributed by atoms with Crippen molar-refractivity contribution in [3.63, 3.8) is 0 Å². The van der Waals surface area contributed by atoms with E-state index >= 15 is 0 Å². The van der Waals surface area contributed by atoms with Gasteiger partial charge < -0.3 is 15.2 Å². The molecule has 3 nitrogen and oxygen atoms in total. The largest absolute Gasteiger partial charge is 0.497 e. The van der Waals surface area contributed by atoms with Gasteiger partial charge in [-0.1, -0.05) is 49.6 Å². The summed E-state index contributed by atoms with van der Waals surface area (Å²) in [5.41, 5.74) is 1.70. The highest BCUT2D eigenvalue weighted by Crippen LogP contribution is 2.37. The maximum absolute atomic E-state index is 11.0. The smallest absolute Gasteiger partial charge is 0.118 e. The normalized spacial score (nSPS) is 17.9. The summed E-state index contributed by atoms with van der Waals surface area (Å²) >= 11 is 0. The van der Waals surface area contributed by atoms with Gasteiger partial charge in [0.15, 0.2) is 0 Å². The van der Waals surface area contributed by atoms with E-state index < -0.39 is 5.60 Å². The zero-order valence-corrected chi connectivity index (χ0v) is 14.4. The van der Waals surface area contributed by atoms with E-state index in [4.69, 9.17) is 4.74 Å². The van der Waals surface area contributed by atoms with Crippen LogP contribution in [0.1, 0.15) is 50.1 Å². The molecule has 1 fully saturated rings. The first-order valence-corrected chi connectivity index (χ1v) is 8.86. The molecule has 1 saturated carbocycles. The van der Waals surface area contributed by atoms with Crippen LogP contribution in [0.3, 0.4) is 0 Å². The van der Waals surface area contributed by atoms with Gasteiger partial charge in [0.05, 0.1) is 18.8 Å². The molecule has 3 rings (SSSR count). The molecule has 0 saturated heterocycles. The third-order valence-corrected chi connectivity index (χ3v) is 5.00. The van der Waals surface area contributed by atoms with Crippen molar-refractivity contribution in [2.75, 3.05) is 12.4 Å². The Morgan fingerprint density at radius 1 is 1.00 bits per heavy atom. The predicted octanol–water partition coefficient (Wildman–Crippen LogP) is 4.93. The molecule has 128 valence electrons. The monoisotopic (exact) mass is 325 g/mol. The Morgan fingerprint density at radius 3 is 2.29 bits per heavy atom. The number of aliphatic hydroxyl groups is 1. The van der Waals surface area contributed by atoms with E-state index in [0.29, 0.717) is 0 Å². The Balaban J connectivity index is 1.81. The lowest BCUT2D eigenvalue weighted by molar-refractivity contribution is -0.00793. The average molecular weight is 325 g/mol. The highest BCUT2D eigenvalue weighted by Gasteiger charge is 2.32. The van der Waals surface area contributed by atoms with Gasteiger partial charge >= 0.3 is 0 Å². The van der Waals surface area contributed by atoms with Gasteiger partial charge in [0.1, 0.15) is 5.75 Å². The van der Waals surface area contributed by atoms with Crippen LogP contribution >= 0.6 is 0 Å². The molecule has 0 amide bonds. The van der Waals surface area contributed by atoms with Crippen LogP contribution in [0.25, 0.3) is 0 Å². The summed E-state index contributed by atoms with van der Waals surface area (Å²) in [4.78, 5) is 0. The van der Waals surface area contributed by atoms with E-state index in [2.05, 4.69) is 29.6 Å². The molecular weight excluding hydrogens is 298 g/mol. The number of ether oxygens (including phenoxy) is 1. The fourth-order valence-corrected chi connectivity index (χ4v) is 3.62. The third-order valence-electron chi connectivity index (χ3n) is 5.00. The lowest BCUT2D eigenvalue weighted by atomic mass is 9.79. The van der Waals surface area contributed by atoms with Crippen molar-refractivity contribution in [1.82, 2.24) is 0 Å². The van der Waals surface area contributed by atoms with Gasteiger partial charge in [-0.25, -0.2) is 0 Å². The van der Waals surface area contributed by atoms with Crippen LogP contribution in [-0.4, -0.2) is 17.8 Å². The number of benzene rings is 2. The number of hydrogen-bond acceptors (Lipinski definition) is 3. The third kappa shape index (κ3) is 4.30. The van der Waals surface area contributed by atoms with Crippen molar-refractivity contribution < 1.29 is 9.84 Å². The van der Waals surface area contributed by atoms with Crippen LogP contribution in [0, 0.1) is 0 Å². The summed E-state index contributed by atoms with van der Waals surface area (Å²) in [5.74, 6) is 0.855. The molecule has 3 heteroatoms. The summed E-state index contributed by atoms with van der Waals surface area (Å²) in [6.45, 7) is 0. The molecule has 2 N–H and O–H groups in total. The van der Waals surface area contributed by atoms with Crippen LogP contribution in [-0.2, 0) is 0 Å². The molecule has 1 atom stereocenters. The number of methoxy groups -OCH3 is 1. The fourth-order valence-electron chi connectivity index (χ4n) is 3.62. The average Bonchev–Trinajstić information content (AvgIpc) is 2.62. The molecule has 0 bridgehead atoms. The second kappa shape index (κ2) is 7.71. The zero-order valence-electron chi connectivity index (χ0n) is 14.4. The van der Waals surface area contributed by atoms with Crippen molar-refractivity contribution in [2.45, 2.75) is 50.2 Å². The van der Waals surface area contributed by atoms with Gasteiger partial charge in [-0.05, 0) is 42.7 Å². The first-order chi connectivity index (χ1) is 11.7. The molecule has 0 radical (unpaired) electrons. The van der Waals surface area contributed by atoms with Crippen molar-refractivity contribution in [3.8, 4) is 5.75 Å². The molecule has 0 aliphatic heterocycles. The van der Waals surface area contributed by atoms with Crippen LogP contribution < -0.4 is 10.1 Å². The molecule has 1 aliphatic rings. The van der Waals surface area contributed by atoms with E-state index in [0.717, 1.165) is 43.5 Å². The minimum atomic E-state index is -0.565. The number of rotatable bonds is 6. The fraction of sp³-hybridized carbons (Fsp3) is 0.429.